The highest BCUT2D eigenvalue weighted by molar-refractivity contribution is 7.89. The molecule has 4 rings (SSSR count). The van der Waals surface area contributed by atoms with Crippen molar-refractivity contribution in [1.82, 2.24) is 9.21 Å². The largest absolute Gasteiger partial charge is 0.486 e. The van der Waals surface area contributed by atoms with Crippen molar-refractivity contribution in [2.75, 3.05) is 45.9 Å². The van der Waals surface area contributed by atoms with Crippen molar-refractivity contribution < 1.29 is 17.9 Å². The Kier molecular flexibility index (Phi) is 5.85. The van der Waals surface area contributed by atoms with Crippen LogP contribution in [0.15, 0.2) is 53.4 Å². The van der Waals surface area contributed by atoms with Gasteiger partial charge in [-0.2, -0.15) is 4.31 Å². The average molecular weight is 403 g/mol. The molecule has 0 radical (unpaired) electrons. The summed E-state index contributed by atoms with van der Waals surface area (Å²) in [7, 11) is -3.51. The van der Waals surface area contributed by atoms with Crippen LogP contribution in [0, 0.1) is 0 Å². The minimum Gasteiger partial charge on any atom is -0.486 e. The second-order valence-corrected chi connectivity index (χ2v) is 9.08. The lowest BCUT2D eigenvalue weighted by Crippen LogP contribution is -2.48. The third-order valence-corrected chi connectivity index (χ3v) is 7.16. The van der Waals surface area contributed by atoms with E-state index in [0.717, 1.165) is 32.5 Å². The molecular formula is C21H26N2O4S. The van der Waals surface area contributed by atoms with Crippen LogP contribution in [0.3, 0.4) is 0 Å². The van der Waals surface area contributed by atoms with Gasteiger partial charge in [-0.15, -0.1) is 0 Å². The van der Waals surface area contributed by atoms with E-state index in [0.29, 0.717) is 37.8 Å². The first-order chi connectivity index (χ1) is 13.6. The minimum absolute atomic E-state index is 0.272. The number of fused-ring (bicyclic) bond motifs is 1. The van der Waals surface area contributed by atoms with E-state index in [1.807, 2.05) is 6.07 Å². The Balaban J connectivity index is 1.31. The smallest absolute Gasteiger partial charge is 0.243 e. The number of rotatable bonds is 6. The molecule has 0 atom stereocenters. The maximum absolute atomic E-state index is 13.0. The molecule has 150 valence electrons. The number of hydrogen-bond donors (Lipinski definition) is 0. The molecular weight excluding hydrogens is 376 g/mol. The van der Waals surface area contributed by atoms with Crippen LogP contribution in [0.1, 0.15) is 12.0 Å². The maximum atomic E-state index is 13.0. The van der Waals surface area contributed by atoms with E-state index < -0.39 is 10.0 Å². The summed E-state index contributed by atoms with van der Waals surface area (Å²) in [5, 5.41) is 0. The molecule has 0 bridgehead atoms. The van der Waals surface area contributed by atoms with Gasteiger partial charge in [-0.1, -0.05) is 30.3 Å². The van der Waals surface area contributed by atoms with E-state index in [-0.39, 0.29) is 4.90 Å². The van der Waals surface area contributed by atoms with Crippen molar-refractivity contribution in [3.8, 4) is 11.5 Å². The Morgan fingerprint density at radius 1 is 0.857 bits per heavy atom. The normalized spacial score (nSPS) is 18.1. The molecule has 0 spiro atoms. The van der Waals surface area contributed by atoms with E-state index >= 15 is 0 Å². The van der Waals surface area contributed by atoms with Crippen LogP contribution < -0.4 is 9.47 Å². The molecule has 2 aliphatic heterocycles. The van der Waals surface area contributed by atoms with Gasteiger partial charge in [0.25, 0.3) is 0 Å². The monoisotopic (exact) mass is 402 g/mol. The van der Waals surface area contributed by atoms with Gasteiger partial charge < -0.3 is 14.4 Å². The summed E-state index contributed by atoms with van der Waals surface area (Å²) >= 11 is 0. The summed E-state index contributed by atoms with van der Waals surface area (Å²) < 4.78 is 38.6. The first-order valence-corrected chi connectivity index (χ1v) is 11.2. The molecule has 2 aliphatic rings. The van der Waals surface area contributed by atoms with Gasteiger partial charge in [0.05, 0.1) is 4.90 Å². The van der Waals surface area contributed by atoms with E-state index in [9.17, 15) is 8.42 Å². The predicted octanol–water partition coefficient (Wildman–Crippen LogP) is 2.40. The standard InChI is InChI=1S/C21H26N2O4S/c24-28(25,19-8-9-20-21(17-19)27-16-15-26-20)23-13-11-22(12-14-23)10-4-7-18-5-2-1-3-6-18/h1-3,5-6,8-9,17H,4,7,10-16H2. The zero-order chi connectivity index (χ0) is 19.4. The van der Waals surface area contributed by atoms with Crippen LogP contribution in [-0.2, 0) is 16.4 Å². The van der Waals surface area contributed by atoms with Crippen LogP contribution in [0.25, 0.3) is 0 Å². The summed E-state index contributed by atoms with van der Waals surface area (Å²) in [6, 6.07) is 15.3. The molecule has 0 N–H and O–H groups in total. The molecule has 2 heterocycles. The number of hydrogen-bond acceptors (Lipinski definition) is 5. The second-order valence-electron chi connectivity index (χ2n) is 7.14. The van der Waals surface area contributed by atoms with Crippen molar-refractivity contribution in [2.45, 2.75) is 17.7 Å². The molecule has 0 amide bonds. The fourth-order valence-corrected chi connectivity index (χ4v) is 5.12. The maximum Gasteiger partial charge on any atom is 0.243 e. The minimum atomic E-state index is -3.51. The summed E-state index contributed by atoms with van der Waals surface area (Å²) in [5.74, 6) is 1.11. The molecule has 2 aromatic rings. The topological polar surface area (TPSA) is 59.1 Å². The number of nitrogens with zero attached hydrogens (tertiary/aromatic N) is 2. The third kappa shape index (κ3) is 4.32. The van der Waals surface area contributed by atoms with Gasteiger partial charge in [0, 0.05) is 32.2 Å². The van der Waals surface area contributed by atoms with E-state index in [1.54, 1.807) is 22.5 Å². The summed E-state index contributed by atoms with van der Waals surface area (Å²) in [6.07, 6.45) is 2.13. The first kappa shape index (κ1) is 19.2. The summed E-state index contributed by atoms with van der Waals surface area (Å²) in [5.41, 5.74) is 1.35. The molecule has 7 heteroatoms. The Morgan fingerprint density at radius 2 is 1.57 bits per heavy atom. The zero-order valence-corrected chi connectivity index (χ0v) is 16.7. The molecule has 6 nitrogen and oxygen atoms in total. The average Bonchev–Trinajstić information content (AvgIpc) is 2.74. The lowest BCUT2D eigenvalue weighted by atomic mass is 10.1. The predicted molar refractivity (Wildman–Crippen MR) is 107 cm³/mol. The van der Waals surface area contributed by atoms with Crippen LogP contribution in [-0.4, -0.2) is 63.6 Å². The Morgan fingerprint density at radius 3 is 2.32 bits per heavy atom. The summed E-state index contributed by atoms with van der Waals surface area (Å²) in [4.78, 5) is 2.62. The van der Waals surface area contributed by atoms with Gasteiger partial charge in [-0.3, -0.25) is 0 Å². The lowest BCUT2D eigenvalue weighted by Gasteiger charge is -2.34. The molecule has 28 heavy (non-hydrogen) atoms. The highest BCUT2D eigenvalue weighted by Crippen LogP contribution is 2.33. The van der Waals surface area contributed by atoms with Gasteiger partial charge in [0.2, 0.25) is 10.0 Å². The van der Waals surface area contributed by atoms with Crippen molar-refractivity contribution in [3.63, 3.8) is 0 Å². The van der Waals surface area contributed by atoms with Gasteiger partial charge in [0.15, 0.2) is 11.5 Å². The number of ether oxygens (including phenoxy) is 2. The molecule has 0 aliphatic carbocycles. The highest BCUT2D eigenvalue weighted by Gasteiger charge is 2.29. The Labute approximate surface area is 166 Å². The zero-order valence-electron chi connectivity index (χ0n) is 15.9. The number of benzene rings is 2. The quantitative estimate of drug-likeness (QED) is 0.743. The van der Waals surface area contributed by atoms with Crippen LogP contribution in [0.4, 0.5) is 0 Å². The van der Waals surface area contributed by atoms with Gasteiger partial charge in [-0.05, 0) is 37.1 Å². The summed E-state index contributed by atoms with van der Waals surface area (Å²) in [6.45, 7) is 4.48. The number of piperazine rings is 1. The van der Waals surface area contributed by atoms with Crippen LogP contribution >= 0.6 is 0 Å². The first-order valence-electron chi connectivity index (χ1n) is 9.79. The van der Waals surface area contributed by atoms with E-state index in [2.05, 4.69) is 29.2 Å². The van der Waals surface area contributed by atoms with Gasteiger partial charge >= 0.3 is 0 Å². The van der Waals surface area contributed by atoms with Gasteiger partial charge in [-0.25, -0.2) is 8.42 Å². The SMILES string of the molecule is O=S(=O)(c1ccc2c(c1)OCCO2)N1CCN(CCCc2ccccc2)CC1. The Bertz CT molecular complexity index is 894. The third-order valence-electron chi connectivity index (χ3n) is 5.27. The van der Waals surface area contributed by atoms with Crippen molar-refractivity contribution in [3.05, 3.63) is 54.1 Å². The fraction of sp³-hybridized carbons (Fsp3) is 0.429. The highest BCUT2D eigenvalue weighted by atomic mass is 32.2. The molecule has 0 aromatic heterocycles. The number of aryl methyl sites for hydroxylation is 1. The van der Waals surface area contributed by atoms with Crippen LogP contribution in [0.5, 0.6) is 11.5 Å². The van der Waals surface area contributed by atoms with Crippen molar-refractivity contribution in [1.29, 1.82) is 0 Å². The van der Waals surface area contributed by atoms with Gasteiger partial charge in [0.1, 0.15) is 13.2 Å². The molecule has 0 saturated carbocycles. The van der Waals surface area contributed by atoms with E-state index in [4.69, 9.17) is 9.47 Å². The molecule has 1 fully saturated rings. The van der Waals surface area contributed by atoms with Crippen LogP contribution in [0.2, 0.25) is 0 Å². The van der Waals surface area contributed by atoms with Crippen molar-refractivity contribution >= 4 is 10.0 Å². The lowest BCUT2D eigenvalue weighted by molar-refractivity contribution is 0.170. The van der Waals surface area contributed by atoms with E-state index in [1.165, 1.54) is 5.56 Å². The molecule has 2 aromatic carbocycles. The molecule has 1 saturated heterocycles. The number of sulfonamides is 1. The Hall–Kier alpha value is -2.09. The molecule has 0 unspecified atom stereocenters. The fourth-order valence-electron chi connectivity index (χ4n) is 3.68. The van der Waals surface area contributed by atoms with Crippen molar-refractivity contribution in [2.24, 2.45) is 0 Å². The second kappa shape index (κ2) is 8.51.